The number of nitrogens with zero attached hydrogens (tertiary/aromatic N) is 5. The van der Waals surface area contributed by atoms with Gasteiger partial charge in [0.2, 0.25) is 5.91 Å². The minimum atomic E-state index is -0.239. The van der Waals surface area contributed by atoms with Gasteiger partial charge in [-0.15, -0.1) is 5.10 Å². The molecule has 0 unspecified atom stereocenters. The summed E-state index contributed by atoms with van der Waals surface area (Å²) in [6.45, 7) is 1.87. The Hall–Kier alpha value is -3.78. The Morgan fingerprint density at radius 2 is 2.00 bits per heavy atom. The zero-order valence-electron chi connectivity index (χ0n) is 16.5. The largest absolute Gasteiger partial charge is 0.508 e. The number of aryl methyl sites for hydroxylation is 1. The average molecular weight is 433 g/mol. The second-order valence-electron chi connectivity index (χ2n) is 7.31. The van der Waals surface area contributed by atoms with Gasteiger partial charge in [0.15, 0.2) is 0 Å². The summed E-state index contributed by atoms with van der Waals surface area (Å²) < 4.78 is 1.50. The van der Waals surface area contributed by atoms with E-state index in [1.165, 1.54) is 4.68 Å². The van der Waals surface area contributed by atoms with Crippen molar-refractivity contribution in [3.05, 3.63) is 76.6 Å². The molecule has 3 heterocycles. The van der Waals surface area contributed by atoms with Gasteiger partial charge in [-0.1, -0.05) is 35.9 Å². The molecule has 8 nitrogen and oxygen atoms in total. The Kier molecular flexibility index (Phi) is 4.63. The van der Waals surface area contributed by atoms with Crippen LogP contribution in [0.5, 0.6) is 5.75 Å². The van der Waals surface area contributed by atoms with E-state index in [4.69, 9.17) is 11.6 Å². The number of carbonyl (C=O) groups is 1. The summed E-state index contributed by atoms with van der Waals surface area (Å²) in [7, 11) is 0. The van der Waals surface area contributed by atoms with E-state index >= 15 is 0 Å². The third kappa shape index (κ3) is 3.51. The number of aromatic nitrogens is 5. The number of anilines is 1. The lowest BCUT2D eigenvalue weighted by molar-refractivity contribution is -0.116. The molecule has 1 aliphatic heterocycles. The highest BCUT2D eigenvalue weighted by atomic mass is 35.5. The lowest BCUT2D eigenvalue weighted by atomic mass is 9.86. The first kappa shape index (κ1) is 19.2. The predicted molar refractivity (Wildman–Crippen MR) is 115 cm³/mol. The van der Waals surface area contributed by atoms with Crippen LogP contribution < -0.4 is 5.32 Å². The van der Waals surface area contributed by atoms with Crippen LogP contribution in [-0.2, 0) is 4.79 Å². The van der Waals surface area contributed by atoms with E-state index in [1.54, 1.807) is 36.5 Å². The van der Waals surface area contributed by atoms with Gasteiger partial charge in [-0.2, -0.15) is 14.9 Å². The molecule has 5 rings (SSSR count). The summed E-state index contributed by atoms with van der Waals surface area (Å²) in [5.74, 6) is 0.518. The van der Waals surface area contributed by atoms with Crippen LogP contribution in [0.2, 0.25) is 5.02 Å². The number of phenols is 1. The van der Waals surface area contributed by atoms with Crippen molar-refractivity contribution in [1.82, 2.24) is 25.0 Å². The van der Waals surface area contributed by atoms with Crippen molar-refractivity contribution in [2.45, 2.75) is 19.3 Å². The molecule has 0 radical (unpaired) electrons. The van der Waals surface area contributed by atoms with Crippen LogP contribution in [0.4, 0.5) is 5.82 Å². The minimum Gasteiger partial charge on any atom is -0.508 e. The van der Waals surface area contributed by atoms with Crippen LogP contribution in [0, 0.1) is 6.92 Å². The highest BCUT2D eigenvalue weighted by Crippen LogP contribution is 2.40. The molecule has 0 spiro atoms. The van der Waals surface area contributed by atoms with Gasteiger partial charge in [-0.3, -0.25) is 4.79 Å². The molecule has 2 N–H and O–H groups in total. The molecule has 31 heavy (non-hydrogen) atoms. The van der Waals surface area contributed by atoms with E-state index in [0.717, 1.165) is 22.4 Å². The fourth-order valence-electron chi connectivity index (χ4n) is 3.86. The van der Waals surface area contributed by atoms with Crippen LogP contribution in [0.3, 0.4) is 0 Å². The summed E-state index contributed by atoms with van der Waals surface area (Å²) in [5, 5.41) is 26.2. The van der Waals surface area contributed by atoms with E-state index in [2.05, 4.69) is 25.6 Å². The fraction of sp³-hybridized carbons (Fsp3) is 0.136. The van der Waals surface area contributed by atoms with Crippen LogP contribution in [0.1, 0.15) is 29.2 Å². The van der Waals surface area contributed by atoms with Gasteiger partial charge in [0.25, 0.3) is 5.95 Å². The summed E-state index contributed by atoms with van der Waals surface area (Å²) in [4.78, 5) is 17.1. The molecule has 0 saturated carbocycles. The first-order valence-electron chi connectivity index (χ1n) is 9.64. The third-order valence-corrected chi connectivity index (χ3v) is 5.50. The number of rotatable bonds is 3. The summed E-state index contributed by atoms with van der Waals surface area (Å²) in [6, 6.07) is 14.2. The lowest BCUT2D eigenvalue weighted by Gasteiger charge is -2.24. The van der Waals surface area contributed by atoms with Crippen LogP contribution in [0.25, 0.3) is 17.2 Å². The molecule has 0 aliphatic carbocycles. The molecule has 0 saturated heterocycles. The van der Waals surface area contributed by atoms with Gasteiger partial charge < -0.3 is 10.4 Å². The van der Waals surface area contributed by atoms with Gasteiger partial charge in [0.05, 0.1) is 17.6 Å². The van der Waals surface area contributed by atoms with Crippen LogP contribution in [-0.4, -0.2) is 36.0 Å². The van der Waals surface area contributed by atoms with Gasteiger partial charge in [-0.05, 0) is 36.8 Å². The number of carbonyl (C=O) groups excluding carboxylic acids is 1. The Balaban J connectivity index is 1.61. The topological polar surface area (TPSA) is 106 Å². The van der Waals surface area contributed by atoms with Gasteiger partial charge >= 0.3 is 0 Å². The summed E-state index contributed by atoms with van der Waals surface area (Å²) >= 11 is 5.98. The third-order valence-electron chi connectivity index (χ3n) is 5.25. The molecule has 4 aromatic rings. The lowest BCUT2D eigenvalue weighted by Crippen LogP contribution is -2.25. The number of aromatic hydroxyl groups is 1. The average Bonchev–Trinajstić information content (AvgIpc) is 3.10. The molecule has 9 heteroatoms. The maximum absolute atomic E-state index is 12.5. The molecule has 0 bridgehead atoms. The molecule has 2 aromatic carbocycles. The number of benzene rings is 2. The first-order valence-corrected chi connectivity index (χ1v) is 10.0. The molecular formula is C22H17ClN6O2. The molecule has 154 valence electrons. The van der Waals surface area contributed by atoms with Crippen molar-refractivity contribution < 1.29 is 9.90 Å². The van der Waals surface area contributed by atoms with Gasteiger partial charge in [0, 0.05) is 28.5 Å². The zero-order valence-corrected chi connectivity index (χ0v) is 17.2. The SMILES string of the molecule is Cc1nn(-c2nncc(-c3ccc(Cl)cc3)n2)c2c1[C@H](c1cccc(O)c1)CC(=O)N2. The zero-order chi connectivity index (χ0) is 21.5. The Morgan fingerprint density at radius 3 is 2.77 bits per heavy atom. The number of amides is 1. The van der Waals surface area contributed by atoms with E-state index in [9.17, 15) is 9.90 Å². The highest BCUT2D eigenvalue weighted by molar-refractivity contribution is 6.30. The quantitative estimate of drug-likeness (QED) is 0.509. The first-order chi connectivity index (χ1) is 15.0. The predicted octanol–water partition coefficient (Wildman–Crippen LogP) is 3.87. The molecule has 2 aromatic heterocycles. The van der Waals surface area contributed by atoms with Crippen molar-refractivity contribution in [2.24, 2.45) is 0 Å². The Bertz CT molecular complexity index is 1300. The number of fused-ring (bicyclic) bond motifs is 1. The fourth-order valence-corrected chi connectivity index (χ4v) is 3.99. The van der Waals surface area contributed by atoms with Crippen molar-refractivity contribution >= 4 is 23.3 Å². The van der Waals surface area contributed by atoms with Crippen molar-refractivity contribution in [3.8, 4) is 23.0 Å². The second kappa shape index (κ2) is 7.48. The summed E-state index contributed by atoms with van der Waals surface area (Å²) in [5.41, 5.74) is 3.89. The molecule has 1 atom stereocenters. The van der Waals surface area contributed by atoms with Gasteiger partial charge in [-0.25, -0.2) is 4.98 Å². The Labute approximate surface area is 182 Å². The van der Waals surface area contributed by atoms with E-state index in [0.29, 0.717) is 16.5 Å². The smallest absolute Gasteiger partial charge is 0.272 e. The molecule has 1 aliphatic rings. The number of phenolic OH excluding ortho intramolecular Hbond substituents is 1. The highest BCUT2D eigenvalue weighted by Gasteiger charge is 2.33. The van der Waals surface area contributed by atoms with E-state index < -0.39 is 0 Å². The van der Waals surface area contributed by atoms with E-state index in [1.807, 2.05) is 25.1 Å². The van der Waals surface area contributed by atoms with Gasteiger partial charge in [0.1, 0.15) is 11.6 Å². The van der Waals surface area contributed by atoms with Crippen molar-refractivity contribution in [3.63, 3.8) is 0 Å². The second-order valence-corrected chi connectivity index (χ2v) is 7.74. The number of nitrogens with one attached hydrogen (secondary N) is 1. The number of halogens is 1. The minimum absolute atomic E-state index is 0.149. The van der Waals surface area contributed by atoms with Crippen LogP contribution in [0.15, 0.2) is 54.7 Å². The normalized spacial score (nSPS) is 15.4. The van der Waals surface area contributed by atoms with Crippen molar-refractivity contribution in [1.29, 1.82) is 0 Å². The Morgan fingerprint density at radius 1 is 1.19 bits per heavy atom. The molecule has 0 fully saturated rings. The van der Waals surface area contributed by atoms with Crippen molar-refractivity contribution in [2.75, 3.05) is 5.32 Å². The standard InChI is InChI=1S/C22H17ClN6O2/c1-12-20-17(14-3-2-4-16(30)9-14)10-19(31)26-21(20)29(28-12)22-25-18(11-24-27-22)13-5-7-15(23)8-6-13/h2-9,11,17,30H,10H2,1H3,(H,26,31)/t17-/m0/s1. The maximum Gasteiger partial charge on any atom is 0.272 e. The monoisotopic (exact) mass is 432 g/mol. The number of hydrogen-bond acceptors (Lipinski definition) is 6. The molecule has 1 amide bonds. The van der Waals surface area contributed by atoms with E-state index in [-0.39, 0.29) is 29.9 Å². The maximum atomic E-state index is 12.5. The number of hydrogen-bond donors (Lipinski definition) is 2. The molecular weight excluding hydrogens is 416 g/mol. The summed E-state index contributed by atoms with van der Waals surface area (Å²) in [6.07, 6.45) is 1.82. The van der Waals surface area contributed by atoms with Crippen LogP contribution >= 0.6 is 11.6 Å².